The van der Waals surface area contributed by atoms with Crippen molar-refractivity contribution in [3.05, 3.63) is 71.8 Å². The molecule has 0 unspecified atom stereocenters. The molecule has 2 nitrogen and oxygen atoms in total. The molecule has 0 aliphatic carbocycles. The van der Waals surface area contributed by atoms with Crippen LogP contribution in [0.4, 0.5) is 0 Å². The first-order valence-electron chi connectivity index (χ1n) is 7.00. The van der Waals surface area contributed by atoms with Gasteiger partial charge in [-0.1, -0.05) is 43.3 Å². The highest BCUT2D eigenvalue weighted by Gasteiger charge is 2.07. The Kier molecular flexibility index (Phi) is 3.57. The van der Waals surface area contributed by atoms with Gasteiger partial charge in [0.15, 0.2) is 0 Å². The second-order valence-electron chi connectivity index (χ2n) is 4.87. The molecule has 0 heterocycles. The Morgan fingerprint density at radius 2 is 1.76 bits per heavy atom. The standard InChI is InChI=1S/C19H15NO/c1-2-14-6-5-7-16(12-14)21-19-11-10-15(13-20)17-8-3-4-9-18(17)19/h3-12H,2H2,1H3. The fourth-order valence-corrected chi connectivity index (χ4v) is 2.41. The van der Waals surface area contributed by atoms with E-state index in [1.807, 2.05) is 48.5 Å². The van der Waals surface area contributed by atoms with Gasteiger partial charge in [-0.3, -0.25) is 0 Å². The molecule has 0 spiro atoms. The van der Waals surface area contributed by atoms with Crippen molar-refractivity contribution in [1.82, 2.24) is 0 Å². The highest BCUT2D eigenvalue weighted by molar-refractivity contribution is 5.92. The number of ether oxygens (including phenoxy) is 1. The van der Waals surface area contributed by atoms with Gasteiger partial charge in [-0.05, 0) is 36.2 Å². The second-order valence-corrected chi connectivity index (χ2v) is 4.87. The van der Waals surface area contributed by atoms with Crippen LogP contribution in [0.2, 0.25) is 0 Å². The number of hydrogen-bond donors (Lipinski definition) is 0. The quantitative estimate of drug-likeness (QED) is 0.667. The predicted octanol–water partition coefficient (Wildman–Crippen LogP) is 5.07. The first-order valence-corrected chi connectivity index (χ1v) is 7.00. The van der Waals surface area contributed by atoms with E-state index in [9.17, 15) is 5.26 Å². The summed E-state index contributed by atoms with van der Waals surface area (Å²) in [6.07, 6.45) is 0.977. The van der Waals surface area contributed by atoms with Crippen molar-refractivity contribution >= 4 is 10.8 Å². The zero-order valence-corrected chi connectivity index (χ0v) is 11.8. The van der Waals surface area contributed by atoms with Gasteiger partial charge in [-0.25, -0.2) is 0 Å². The van der Waals surface area contributed by atoms with Gasteiger partial charge in [0.05, 0.1) is 11.6 Å². The summed E-state index contributed by atoms with van der Waals surface area (Å²) in [4.78, 5) is 0. The highest BCUT2D eigenvalue weighted by atomic mass is 16.5. The minimum atomic E-state index is 0.667. The van der Waals surface area contributed by atoms with Crippen LogP contribution in [-0.4, -0.2) is 0 Å². The van der Waals surface area contributed by atoms with Crippen LogP contribution in [0.15, 0.2) is 60.7 Å². The normalized spacial score (nSPS) is 10.3. The van der Waals surface area contributed by atoms with Crippen LogP contribution in [0.25, 0.3) is 10.8 Å². The fraction of sp³-hybridized carbons (Fsp3) is 0.105. The molecule has 0 N–H and O–H groups in total. The summed E-state index contributed by atoms with van der Waals surface area (Å²) >= 11 is 0. The Hall–Kier alpha value is -2.79. The molecule has 3 rings (SSSR count). The summed E-state index contributed by atoms with van der Waals surface area (Å²) in [5.74, 6) is 1.60. The Labute approximate surface area is 124 Å². The number of hydrogen-bond acceptors (Lipinski definition) is 2. The molecule has 3 aromatic carbocycles. The lowest BCUT2D eigenvalue weighted by molar-refractivity contribution is 0.487. The van der Waals surface area contributed by atoms with E-state index in [2.05, 4.69) is 19.1 Å². The monoisotopic (exact) mass is 273 g/mol. The summed E-state index contributed by atoms with van der Waals surface area (Å²) < 4.78 is 6.02. The lowest BCUT2D eigenvalue weighted by atomic mass is 10.0. The smallest absolute Gasteiger partial charge is 0.135 e. The summed E-state index contributed by atoms with van der Waals surface area (Å²) in [5.41, 5.74) is 1.91. The minimum Gasteiger partial charge on any atom is -0.457 e. The number of nitrogens with zero attached hydrogens (tertiary/aromatic N) is 1. The van der Waals surface area contributed by atoms with E-state index in [-0.39, 0.29) is 0 Å². The molecule has 0 aliphatic heterocycles. The SMILES string of the molecule is CCc1cccc(Oc2ccc(C#N)c3ccccc23)c1. The van der Waals surface area contributed by atoms with Gasteiger partial charge in [0, 0.05) is 10.8 Å². The van der Waals surface area contributed by atoms with E-state index in [0.29, 0.717) is 5.56 Å². The van der Waals surface area contributed by atoms with Crippen LogP contribution >= 0.6 is 0 Å². The average Bonchev–Trinajstić information content (AvgIpc) is 2.55. The Balaban J connectivity index is 2.07. The van der Waals surface area contributed by atoms with Crippen molar-refractivity contribution in [1.29, 1.82) is 5.26 Å². The first kappa shape index (κ1) is 13.2. The van der Waals surface area contributed by atoms with Crippen LogP contribution < -0.4 is 4.74 Å². The molecular formula is C19H15NO. The van der Waals surface area contributed by atoms with E-state index in [4.69, 9.17) is 4.74 Å². The molecule has 102 valence electrons. The average molecular weight is 273 g/mol. The maximum Gasteiger partial charge on any atom is 0.135 e. The third-order valence-corrected chi connectivity index (χ3v) is 3.54. The molecule has 2 heteroatoms. The number of rotatable bonds is 3. The van der Waals surface area contributed by atoms with Crippen LogP contribution in [0.1, 0.15) is 18.1 Å². The van der Waals surface area contributed by atoms with E-state index in [1.165, 1.54) is 5.56 Å². The fourth-order valence-electron chi connectivity index (χ4n) is 2.41. The second kappa shape index (κ2) is 5.68. The number of nitriles is 1. The molecule has 21 heavy (non-hydrogen) atoms. The van der Waals surface area contributed by atoms with Gasteiger partial charge >= 0.3 is 0 Å². The molecule has 0 aliphatic rings. The zero-order valence-electron chi connectivity index (χ0n) is 11.8. The Morgan fingerprint density at radius 1 is 0.952 bits per heavy atom. The van der Waals surface area contributed by atoms with Gasteiger partial charge in [-0.2, -0.15) is 5.26 Å². The predicted molar refractivity (Wildman–Crippen MR) is 84.6 cm³/mol. The largest absolute Gasteiger partial charge is 0.457 e. The maximum absolute atomic E-state index is 9.19. The number of benzene rings is 3. The van der Waals surface area contributed by atoms with E-state index < -0.39 is 0 Å². The van der Waals surface area contributed by atoms with E-state index in [1.54, 1.807) is 6.07 Å². The van der Waals surface area contributed by atoms with Gasteiger partial charge in [-0.15, -0.1) is 0 Å². The van der Waals surface area contributed by atoms with Crippen molar-refractivity contribution in [2.75, 3.05) is 0 Å². The van der Waals surface area contributed by atoms with Crippen molar-refractivity contribution in [3.8, 4) is 17.6 Å². The summed E-state index contributed by atoms with van der Waals surface area (Å²) in [6.45, 7) is 2.12. The molecule has 0 amide bonds. The number of aryl methyl sites for hydroxylation is 1. The van der Waals surface area contributed by atoms with Crippen LogP contribution in [-0.2, 0) is 6.42 Å². The first-order chi connectivity index (χ1) is 10.3. The molecule has 3 aromatic rings. The van der Waals surface area contributed by atoms with Gasteiger partial charge in [0.25, 0.3) is 0 Å². The van der Waals surface area contributed by atoms with Gasteiger partial charge in [0.2, 0.25) is 0 Å². The van der Waals surface area contributed by atoms with Crippen molar-refractivity contribution < 1.29 is 4.74 Å². The third kappa shape index (κ3) is 2.59. The van der Waals surface area contributed by atoms with E-state index in [0.717, 1.165) is 28.7 Å². The number of fused-ring (bicyclic) bond motifs is 1. The molecular weight excluding hydrogens is 258 g/mol. The summed E-state index contributed by atoms with van der Waals surface area (Å²) in [7, 11) is 0. The zero-order chi connectivity index (χ0) is 14.7. The Morgan fingerprint density at radius 3 is 2.52 bits per heavy atom. The lowest BCUT2D eigenvalue weighted by Crippen LogP contribution is -1.89. The molecule has 0 saturated heterocycles. The minimum absolute atomic E-state index is 0.667. The van der Waals surface area contributed by atoms with Crippen LogP contribution in [0, 0.1) is 11.3 Å². The van der Waals surface area contributed by atoms with Crippen molar-refractivity contribution in [2.45, 2.75) is 13.3 Å². The third-order valence-electron chi connectivity index (χ3n) is 3.54. The highest BCUT2D eigenvalue weighted by Crippen LogP contribution is 2.32. The summed E-state index contributed by atoms with van der Waals surface area (Å²) in [5, 5.41) is 11.1. The molecule has 0 saturated carbocycles. The van der Waals surface area contributed by atoms with Gasteiger partial charge in [0.1, 0.15) is 11.5 Å². The molecule has 0 radical (unpaired) electrons. The Bertz CT molecular complexity index is 830. The molecule has 0 aromatic heterocycles. The molecule has 0 bridgehead atoms. The van der Waals surface area contributed by atoms with Crippen molar-refractivity contribution in [3.63, 3.8) is 0 Å². The topological polar surface area (TPSA) is 33.0 Å². The van der Waals surface area contributed by atoms with Gasteiger partial charge < -0.3 is 4.74 Å². The molecule has 0 fully saturated rings. The lowest BCUT2D eigenvalue weighted by Gasteiger charge is -2.10. The summed E-state index contributed by atoms with van der Waals surface area (Å²) in [6, 6.07) is 21.8. The molecule has 0 atom stereocenters. The van der Waals surface area contributed by atoms with Crippen LogP contribution in [0.3, 0.4) is 0 Å². The van der Waals surface area contributed by atoms with E-state index >= 15 is 0 Å². The maximum atomic E-state index is 9.19. The van der Waals surface area contributed by atoms with Crippen molar-refractivity contribution in [2.24, 2.45) is 0 Å². The van der Waals surface area contributed by atoms with Crippen LogP contribution in [0.5, 0.6) is 11.5 Å².